The summed E-state index contributed by atoms with van der Waals surface area (Å²) < 4.78 is 5.49. The van der Waals surface area contributed by atoms with Crippen LogP contribution in [0.2, 0.25) is 0 Å². The number of rotatable bonds is 8. The van der Waals surface area contributed by atoms with Crippen molar-refractivity contribution in [2.45, 2.75) is 45.4 Å². The summed E-state index contributed by atoms with van der Waals surface area (Å²) in [6.07, 6.45) is 0.607. The molecule has 2 atom stereocenters. The monoisotopic (exact) mass is 540 g/mol. The minimum absolute atomic E-state index is 0.0251. The van der Waals surface area contributed by atoms with Crippen molar-refractivity contribution in [2.24, 2.45) is 0 Å². The highest BCUT2D eigenvalue weighted by Crippen LogP contribution is 2.29. The van der Waals surface area contributed by atoms with E-state index in [2.05, 4.69) is 53.5 Å². The second kappa shape index (κ2) is 12.7. The molecule has 2 aliphatic rings. The third-order valence-electron chi connectivity index (χ3n) is 8.22. The van der Waals surface area contributed by atoms with Crippen molar-refractivity contribution in [3.63, 3.8) is 0 Å². The van der Waals surface area contributed by atoms with E-state index >= 15 is 0 Å². The minimum Gasteiger partial charge on any atom is -0.497 e. The van der Waals surface area contributed by atoms with Crippen LogP contribution in [-0.4, -0.2) is 78.4 Å². The van der Waals surface area contributed by atoms with Crippen molar-refractivity contribution in [1.82, 2.24) is 20.0 Å². The lowest BCUT2D eigenvalue weighted by atomic mass is 10.0. The van der Waals surface area contributed by atoms with Gasteiger partial charge in [-0.3, -0.25) is 14.5 Å². The Bertz CT molecular complexity index is 1320. The molecule has 7 heteroatoms. The van der Waals surface area contributed by atoms with Gasteiger partial charge in [-0.2, -0.15) is 0 Å². The van der Waals surface area contributed by atoms with Crippen LogP contribution in [0.3, 0.4) is 0 Å². The van der Waals surface area contributed by atoms with Crippen LogP contribution < -0.4 is 10.1 Å². The third kappa shape index (κ3) is 6.37. The topological polar surface area (TPSA) is 65.1 Å². The number of piperazine rings is 1. The maximum absolute atomic E-state index is 13.9. The molecule has 1 N–H and O–H groups in total. The summed E-state index contributed by atoms with van der Waals surface area (Å²) in [4.78, 5) is 34.0. The van der Waals surface area contributed by atoms with Crippen LogP contribution in [0.5, 0.6) is 5.75 Å². The molecule has 2 heterocycles. The van der Waals surface area contributed by atoms with E-state index in [9.17, 15) is 9.59 Å². The Kier molecular flexibility index (Phi) is 8.82. The van der Waals surface area contributed by atoms with Crippen molar-refractivity contribution in [3.05, 3.63) is 101 Å². The number of ether oxygens (including phenoxy) is 1. The summed E-state index contributed by atoms with van der Waals surface area (Å²) in [5.41, 5.74) is 5.35. The first-order chi connectivity index (χ1) is 19.4. The lowest BCUT2D eigenvalue weighted by Gasteiger charge is -2.32. The molecule has 7 nitrogen and oxygen atoms in total. The number of amides is 2. The van der Waals surface area contributed by atoms with E-state index < -0.39 is 6.04 Å². The molecule has 2 unspecified atom stereocenters. The van der Waals surface area contributed by atoms with Gasteiger partial charge in [0.25, 0.3) is 5.91 Å². The number of methoxy groups -OCH3 is 1. The first kappa shape index (κ1) is 27.9. The molecule has 0 aliphatic carbocycles. The van der Waals surface area contributed by atoms with Gasteiger partial charge in [-0.1, -0.05) is 54.1 Å². The molecule has 3 aromatic rings. The summed E-state index contributed by atoms with van der Waals surface area (Å²) in [6.45, 7) is 8.98. The number of hydrogen-bond donors (Lipinski definition) is 1. The van der Waals surface area contributed by atoms with Gasteiger partial charge in [-0.25, -0.2) is 0 Å². The second-order valence-corrected chi connectivity index (χ2v) is 11.0. The quantitative estimate of drug-likeness (QED) is 0.468. The normalized spacial score (nSPS) is 19.2. The molecule has 2 saturated heterocycles. The van der Waals surface area contributed by atoms with E-state index in [1.807, 2.05) is 53.1 Å². The van der Waals surface area contributed by atoms with Gasteiger partial charge in [0.2, 0.25) is 5.91 Å². The lowest BCUT2D eigenvalue weighted by Crippen LogP contribution is -2.53. The van der Waals surface area contributed by atoms with E-state index in [0.29, 0.717) is 38.2 Å². The first-order valence-corrected chi connectivity index (χ1v) is 14.2. The van der Waals surface area contributed by atoms with Gasteiger partial charge < -0.3 is 19.9 Å². The molecule has 2 fully saturated rings. The smallest absolute Gasteiger partial charge is 0.254 e. The standard InChI is InChI=1S/C33H40N4O3/c1-24-11-13-27(14-12-24)32(38)37-23-29(20-31(37)33(39)35-17-15-34-16-18-35)36(22-28-9-5-4-7-25(28)2)21-26-8-6-10-30(19-26)40-3/h4-14,19,29,31,34H,15-18,20-23H2,1-3H3. The molecule has 5 rings (SSSR count). The average Bonchev–Trinajstić information content (AvgIpc) is 3.43. The summed E-state index contributed by atoms with van der Waals surface area (Å²) in [7, 11) is 1.68. The first-order valence-electron chi connectivity index (χ1n) is 14.2. The number of nitrogens with zero attached hydrogens (tertiary/aromatic N) is 3. The average molecular weight is 541 g/mol. The maximum atomic E-state index is 13.9. The van der Waals surface area contributed by atoms with Crippen molar-refractivity contribution in [2.75, 3.05) is 39.8 Å². The lowest BCUT2D eigenvalue weighted by molar-refractivity contribution is -0.135. The van der Waals surface area contributed by atoms with Gasteiger partial charge in [0.15, 0.2) is 0 Å². The van der Waals surface area contributed by atoms with Crippen molar-refractivity contribution in [3.8, 4) is 5.75 Å². The molecule has 0 bridgehead atoms. The number of carbonyl (C=O) groups excluding carboxylic acids is 2. The van der Waals surface area contributed by atoms with Gasteiger partial charge in [0, 0.05) is 57.4 Å². The zero-order valence-electron chi connectivity index (χ0n) is 23.8. The zero-order valence-corrected chi connectivity index (χ0v) is 23.8. The fourth-order valence-corrected chi connectivity index (χ4v) is 5.82. The molecular formula is C33H40N4O3. The molecule has 210 valence electrons. The van der Waals surface area contributed by atoms with Crippen LogP contribution in [0.1, 0.15) is 39.0 Å². The van der Waals surface area contributed by atoms with E-state index in [1.165, 1.54) is 11.1 Å². The molecule has 2 amide bonds. The fourth-order valence-electron chi connectivity index (χ4n) is 5.82. The highest BCUT2D eigenvalue weighted by molar-refractivity contribution is 5.98. The maximum Gasteiger partial charge on any atom is 0.254 e. The Morgan fingerprint density at radius 2 is 1.70 bits per heavy atom. The van der Waals surface area contributed by atoms with E-state index in [4.69, 9.17) is 4.74 Å². The van der Waals surface area contributed by atoms with Crippen molar-refractivity contribution < 1.29 is 14.3 Å². The van der Waals surface area contributed by atoms with E-state index in [-0.39, 0.29) is 17.9 Å². The zero-order chi connectivity index (χ0) is 28.1. The number of nitrogens with one attached hydrogen (secondary N) is 1. The Balaban J connectivity index is 1.46. The van der Waals surface area contributed by atoms with Gasteiger partial charge >= 0.3 is 0 Å². The Morgan fingerprint density at radius 3 is 2.42 bits per heavy atom. The Labute approximate surface area is 237 Å². The van der Waals surface area contributed by atoms with Crippen LogP contribution in [0, 0.1) is 13.8 Å². The molecular weight excluding hydrogens is 500 g/mol. The molecule has 0 saturated carbocycles. The van der Waals surface area contributed by atoms with Crippen LogP contribution in [-0.2, 0) is 17.9 Å². The largest absolute Gasteiger partial charge is 0.497 e. The fraction of sp³-hybridized carbons (Fsp3) is 0.394. The van der Waals surface area contributed by atoms with Crippen molar-refractivity contribution >= 4 is 11.8 Å². The molecule has 0 radical (unpaired) electrons. The van der Waals surface area contributed by atoms with Crippen LogP contribution in [0.15, 0.2) is 72.8 Å². The Morgan fingerprint density at radius 1 is 0.950 bits per heavy atom. The molecule has 40 heavy (non-hydrogen) atoms. The number of aryl methyl sites for hydroxylation is 2. The van der Waals surface area contributed by atoms with Gasteiger partial charge in [0.1, 0.15) is 11.8 Å². The Hall–Kier alpha value is -3.68. The summed E-state index contributed by atoms with van der Waals surface area (Å²) in [6, 6.07) is 23.8. The number of carbonyl (C=O) groups is 2. The van der Waals surface area contributed by atoms with Gasteiger partial charge in [-0.05, 0) is 61.2 Å². The van der Waals surface area contributed by atoms with E-state index in [1.54, 1.807) is 7.11 Å². The number of benzene rings is 3. The van der Waals surface area contributed by atoms with Crippen LogP contribution >= 0.6 is 0 Å². The second-order valence-electron chi connectivity index (χ2n) is 11.0. The van der Waals surface area contributed by atoms with Crippen LogP contribution in [0.4, 0.5) is 0 Å². The summed E-state index contributed by atoms with van der Waals surface area (Å²) in [5, 5.41) is 3.33. The molecule has 0 aromatic heterocycles. The summed E-state index contributed by atoms with van der Waals surface area (Å²) >= 11 is 0. The minimum atomic E-state index is -0.485. The predicted octanol–water partition coefficient (Wildman–Crippen LogP) is 4.03. The molecule has 2 aliphatic heterocycles. The third-order valence-corrected chi connectivity index (χ3v) is 8.22. The van der Waals surface area contributed by atoms with Gasteiger partial charge in [0.05, 0.1) is 7.11 Å². The highest BCUT2D eigenvalue weighted by atomic mass is 16.5. The van der Waals surface area contributed by atoms with Crippen molar-refractivity contribution in [1.29, 1.82) is 0 Å². The number of likely N-dealkylation sites (tertiary alicyclic amines) is 1. The van der Waals surface area contributed by atoms with E-state index in [0.717, 1.165) is 36.5 Å². The van der Waals surface area contributed by atoms with Gasteiger partial charge in [-0.15, -0.1) is 0 Å². The molecule has 0 spiro atoms. The van der Waals surface area contributed by atoms with Crippen LogP contribution in [0.25, 0.3) is 0 Å². The predicted molar refractivity (Wildman–Crippen MR) is 157 cm³/mol. The molecule has 3 aromatic carbocycles. The highest BCUT2D eigenvalue weighted by Gasteiger charge is 2.43. The SMILES string of the molecule is COc1cccc(CN(Cc2ccccc2C)C2CC(C(=O)N3CCNCC3)N(C(=O)c3ccc(C)cc3)C2)c1. The summed E-state index contributed by atoms with van der Waals surface area (Å²) in [5.74, 6) is 0.803. The number of hydrogen-bond acceptors (Lipinski definition) is 5.